The maximum atomic E-state index is 12.7. The summed E-state index contributed by atoms with van der Waals surface area (Å²) < 4.78 is 6.98. The summed E-state index contributed by atoms with van der Waals surface area (Å²) in [5.41, 5.74) is 5.24. The fraction of sp³-hybridized carbons (Fsp3) is 0.250. The van der Waals surface area contributed by atoms with Gasteiger partial charge in [-0.05, 0) is 62.1 Å². The molecule has 0 bridgehead atoms. The maximum Gasteiger partial charge on any atom is 0.331 e. The Labute approximate surface area is 176 Å². The molecule has 0 saturated carbocycles. The second-order valence-electron chi connectivity index (χ2n) is 7.35. The zero-order chi connectivity index (χ0) is 21.7. The molecule has 0 fully saturated rings. The number of nitrogens with zero attached hydrogens (tertiary/aromatic N) is 3. The number of hydrogen-bond donors (Lipinski definition) is 0. The fourth-order valence-electron chi connectivity index (χ4n) is 3.10. The second-order valence-corrected chi connectivity index (χ2v) is 7.35. The third-order valence-corrected chi connectivity index (χ3v) is 4.90. The Morgan fingerprint density at radius 2 is 1.77 bits per heavy atom. The van der Waals surface area contributed by atoms with Gasteiger partial charge in [-0.25, -0.2) is 9.48 Å². The van der Waals surface area contributed by atoms with Crippen molar-refractivity contribution < 1.29 is 14.3 Å². The van der Waals surface area contributed by atoms with Crippen LogP contribution >= 0.6 is 0 Å². The molecule has 0 amide bonds. The summed E-state index contributed by atoms with van der Waals surface area (Å²) in [5, 5.41) is 8.08. The van der Waals surface area contributed by atoms with E-state index in [2.05, 4.69) is 10.3 Å². The molecule has 30 heavy (non-hydrogen) atoms. The Bertz CT molecular complexity index is 1080. The van der Waals surface area contributed by atoms with Crippen molar-refractivity contribution in [2.45, 2.75) is 40.3 Å². The van der Waals surface area contributed by atoms with E-state index >= 15 is 0 Å². The number of ether oxygens (including phenoxy) is 1. The number of esters is 1. The normalized spacial score (nSPS) is 12.1. The van der Waals surface area contributed by atoms with Crippen molar-refractivity contribution in [2.24, 2.45) is 0 Å². The van der Waals surface area contributed by atoms with Crippen LogP contribution in [0.2, 0.25) is 0 Å². The highest BCUT2D eigenvalue weighted by atomic mass is 16.5. The number of rotatable bonds is 7. The summed E-state index contributed by atoms with van der Waals surface area (Å²) in [4.78, 5) is 24.8. The number of aromatic nitrogens is 3. The molecule has 0 spiro atoms. The highest BCUT2D eigenvalue weighted by Crippen LogP contribution is 2.18. The Morgan fingerprint density at radius 1 is 1.07 bits per heavy atom. The predicted octanol–water partition coefficient (Wildman–Crippen LogP) is 4.08. The van der Waals surface area contributed by atoms with Gasteiger partial charge in [-0.2, -0.15) is 0 Å². The average molecular weight is 403 g/mol. The first-order valence-corrected chi connectivity index (χ1v) is 9.78. The summed E-state index contributed by atoms with van der Waals surface area (Å²) in [5.74, 6) is -0.818. The summed E-state index contributed by atoms with van der Waals surface area (Å²) in [6, 6.07) is 13.7. The number of carbonyl (C=O) groups excluding carboxylic acids is 2. The summed E-state index contributed by atoms with van der Waals surface area (Å²) in [6.45, 7) is 8.01. The van der Waals surface area contributed by atoms with Gasteiger partial charge in [-0.15, -0.1) is 5.10 Å². The number of carbonyl (C=O) groups is 2. The van der Waals surface area contributed by atoms with E-state index in [0.717, 1.165) is 22.3 Å². The van der Waals surface area contributed by atoms with Crippen molar-refractivity contribution in [1.29, 1.82) is 0 Å². The second kappa shape index (κ2) is 9.31. The molecule has 6 nitrogen and oxygen atoms in total. The van der Waals surface area contributed by atoms with E-state index < -0.39 is 12.1 Å². The molecule has 0 aliphatic carbocycles. The first-order chi connectivity index (χ1) is 14.3. The minimum atomic E-state index is -0.878. The number of ketones is 1. The Hall–Kier alpha value is -3.54. The lowest BCUT2D eigenvalue weighted by molar-refractivity contribution is -0.140. The van der Waals surface area contributed by atoms with Crippen molar-refractivity contribution in [2.75, 3.05) is 0 Å². The van der Waals surface area contributed by atoms with E-state index in [0.29, 0.717) is 17.8 Å². The van der Waals surface area contributed by atoms with Crippen LogP contribution in [0.15, 0.2) is 54.7 Å². The van der Waals surface area contributed by atoms with Crippen molar-refractivity contribution in [3.05, 3.63) is 88.2 Å². The summed E-state index contributed by atoms with van der Waals surface area (Å²) in [6.07, 6.45) is 3.64. The molecular weight excluding hydrogens is 378 g/mol. The van der Waals surface area contributed by atoms with Gasteiger partial charge in [0.2, 0.25) is 5.78 Å². The van der Waals surface area contributed by atoms with Crippen LogP contribution in [-0.2, 0) is 16.1 Å². The average Bonchev–Trinajstić information content (AvgIpc) is 3.16. The standard InChI is InChI=1S/C24H25N3O3/c1-16-12-18(3)22(13-17(16)2)24(29)19(4)30-23(28)11-10-21-15-27(26-25-21)14-20-8-6-5-7-9-20/h5-13,15,19H,14H2,1-4H3/b11-10+/t19-/m1/s1. The molecule has 0 N–H and O–H groups in total. The van der Waals surface area contributed by atoms with Crippen molar-refractivity contribution >= 4 is 17.8 Å². The van der Waals surface area contributed by atoms with Gasteiger partial charge in [-0.1, -0.05) is 41.6 Å². The lowest BCUT2D eigenvalue weighted by Gasteiger charge is -2.14. The molecule has 0 saturated heterocycles. The van der Waals surface area contributed by atoms with Gasteiger partial charge >= 0.3 is 5.97 Å². The van der Waals surface area contributed by atoms with Crippen LogP contribution in [0, 0.1) is 20.8 Å². The molecule has 3 aromatic rings. The smallest absolute Gasteiger partial charge is 0.331 e. The van der Waals surface area contributed by atoms with Crippen LogP contribution in [0.4, 0.5) is 0 Å². The number of hydrogen-bond acceptors (Lipinski definition) is 5. The van der Waals surface area contributed by atoms with E-state index in [4.69, 9.17) is 4.74 Å². The SMILES string of the molecule is Cc1cc(C)c(C(=O)[C@@H](C)OC(=O)/C=C/c2cn(Cc3ccccc3)nn2)cc1C. The molecule has 154 valence electrons. The quantitative estimate of drug-likeness (QED) is 0.338. The van der Waals surface area contributed by atoms with Gasteiger partial charge in [0.25, 0.3) is 0 Å². The van der Waals surface area contributed by atoms with Gasteiger partial charge in [0.15, 0.2) is 6.10 Å². The minimum absolute atomic E-state index is 0.217. The lowest BCUT2D eigenvalue weighted by atomic mass is 9.96. The summed E-state index contributed by atoms with van der Waals surface area (Å²) >= 11 is 0. The molecule has 0 aliphatic rings. The highest BCUT2D eigenvalue weighted by Gasteiger charge is 2.20. The van der Waals surface area contributed by atoms with Gasteiger partial charge in [0.1, 0.15) is 5.69 Å². The Kier molecular flexibility index (Phi) is 6.57. The number of Topliss-reactive ketones (excluding diaryl/α,β-unsaturated/α-hetero) is 1. The zero-order valence-corrected chi connectivity index (χ0v) is 17.6. The fourth-order valence-corrected chi connectivity index (χ4v) is 3.10. The number of aryl methyl sites for hydroxylation is 3. The van der Waals surface area contributed by atoms with Crippen molar-refractivity contribution in [1.82, 2.24) is 15.0 Å². The Morgan fingerprint density at radius 3 is 2.50 bits per heavy atom. The molecule has 1 atom stereocenters. The van der Waals surface area contributed by atoms with E-state index in [9.17, 15) is 9.59 Å². The third kappa shape index (κ3) is 5.29. The molecule has 0 aliphatic heterocycles. The van der Waals surface area contributed by atoms with Crippen LogP contribution in [0.3, 0.4) is 0 Å². The zero-order valence-electron chi connectivity index (χ0n) is 17.6. The van der Waals surface area contributed by atoms with E-state index in [1.165, 1.54) is 12.2 Å². The highest BCUT2D eigenvalue weighted by molar-refractivity contribution is 6.02. The maximum absolute atomic E-state index is 12.7. The van der Waals surface area contributed by atoms with Crippen LogP contribution in [0.5, 0.6) is 0 Å². The minimum Gasteiger partial charge on any atom is -0.451 e. The first kappa shape index (κ1) is 21.2. The Balaban J connectivity index is 1.59. The van der Waals surface area contributed by atoms with Crippen molar-refractivity contribution in [3.8, 4) is 0 Å². The van der Waals surface area contributed by atoms with E-state index in [-0.39, 0.29) is 5.78 Å². The first-order valence-electron chi connectivity index (χ1n) is 9.78. The van der Waals surface area contributed by atoms with Gasteiger partial charge in [0.05, 0.1) is 12.7 Å². The molecular formula is C24H25N3O3. The molecule has 1 heterocycles. The molecule has 0 radical (unpaired) electrons. The van der Waals surface area contributed by atoms with Gasteiger partial charge in [0, 0.05) is 11.6 Å². The monoisotopic (exact) mass is 403 g/mol. The molecule has 3 rings (SSSR count). The molecule has 6 heteroatoms. The summed E-state index contributed by atoms with van der Waals surface area (Å²) in [7, 11) is 0. The van der Waals surface area contributed by atoms with E-state index in [1.807, 2.05) is 63.2 Å². The lowest BCUT2D eigenvalue weighted by Crippen LogP contribution is -2.24. The number of benzene rings is 2. The molecule has 0 unspecified atom stereocenters. The molecule has 1 aromatic heterocycles. The van der Waals surface area contributed by atoms with Crippen LogP contribution in [0.25, 0.3) is 6.08 Å². The van der Waals surface area contributed by atoms with Gasteiger partial charge < -0.3 is 4.74 Å². The largest absolute Gasteiger partial charge is 0.451 e. The third-order valence-electron chi connectivity index (χ3n) is 4.90. The predicted molar refractivity (Wildman–Crippen MR) is 115 cm³/mol. The molecule has 2 aromatic carbocycles. The van der Waals surface area contributed by atoms with Crippen molar-refractivity contribution in [3.63, 3.8) is 0 Å². The van der Waals surface area contributed by atoms with Crippen LogP contribution < -0.4 is 0 Å². The van der Waals surface area contributed by atoms with E-state index in [1.54, 1.807) is 17.8 Å². The van der Waals surface area contributed by atoms with Crippen LogP contribution in [-0.4, -0.2) is 32.9 Å². The van der Waals surface area contributed by atoms with Crippen LogP contribution in [0.1, 0.15) is 45.2 Å². The van der Waals surface area contributed by atoms with Gasteiger partial charge in [-0.3, -0.25) is 4.79 Å². The topological polar surface area (TPSA) is 74.1 Å².